The van der Waals surface area contributed by atoms with Crippen molar-refractivity contribution in [3.05, 3.63) is 0 Å². The van der Waals surface area contributed by atoms with Gasteiger partial charge in [-0.2, -0.15) is 0 Å². The molecule has 34 heavy (non-hydrogen) atoms. The summed E-state index contributed by atoms with van der Waals surface area (Å²) in [4.78, 5) is 37.5. The van der Waals surface area contributed by atoms with E-state index < -0.39 is 29.5 Å². The number of esters is 1. The summed E-state index contributed by atoms with van der Waals surface area (Å²) in [5, 5.41) is 11.2. The van der Waals surface area contributed by atoms with Gasteiger partial charge in [-0.05, 0) is 79.4 Å². The molecule has 5 nitrogen and oxygen atoms in total. The lowest BCUT2D eigenvalue weighted by Crippen LogP contribution is -2.69. The number of carbonyl (C=O) groups excluding carboxylic acids is 3. The average molecular weight is 475 g/mol. The van der Waals surface area contributed by atoms with E-state index in [1.54, 1.807) is 0 Å². The summed E-state index contributed by atoms with van der Waals surface area (Å²) in [7, 11) is 0. The van der Waals surface area contributed by atoms with Gasteiger partial charge in [-0.3, -0.25) is 9.59 Å². The molecule has 0 aliphatic heterocycles. The first kappa shape index (κ1) is 25.9. The SMILES string of the molecule is CC[C@@]1(C)CCC[C@]2(C)[C@H]3C[C@H](OC(C)=O)[C@]4(C)[C@@H](C=O)[C@H](C(C)=O)[C@@H](O)C[C@H]4[C@]3(C)CC[C@H]12. The molecule has 4 fully saturated rings. The largest absolute Gasteiger partial charge is 0.462 e. The maximum atomic E-state index is 12.6. The van der Waals surface area contributed by atoms with Gasteiger partial charge in [-0.25, -0.2) is 0 Å². The summed E-state index contributed by atoms with van der Waals surface area (Å²) >= 11 is 0. The van der Waals surface area contributed by atoms with Gasteiger partial charge in [0.2, 0.25) is 0 Å². The lowest BCUT2D eigenvalue weighted by Gasteiger charge is -2.71. The molecule has 4 rings (SSSR count). The summed E-state index contributed by atoms with van der Waals surface area (Å²) < 4.78 is 6.07. The van der Waals surface area contributed by atoms with Crippen LogP contribution >= 0.6 is 0 Å². The molecule has 4 aliphatic rings. The maximum Gasteiger partial charge on any atom is 0.302 e. The number of ketones is 1. The van der Waals surface area contributed by atoms with Crippen LogP contribution in [0, 0.1) is 51.2 Å². The first-order valence-electron chi connectivity index (χ1n) is 13.6. The van der Waals surface area contributed by atoms with Crippen molar-refractivity contribution in [3.8, 4) is 0 Å². The summed E-state index contributed by atoms with van der Waals surface area (Å²) in [6, 6.07) is 0. The summed E-state index contributed by atoms with van der Waals surface area (Å²) in [6.07, 6.45) is 7.91. The Morgan fingerprint density at radius 3 is 2.18 bits per heavy atom. The second-order valence-electron chi connectivity index (χ2n) is 13.4. The number of fused-ring (bicyclic) bond motifs is 5. The lowest BCUT2D eigenvalue weighted by molar-refractivity contribution is -0.262. The van der Waals surface area contributed by atoms with Crippen LogP contribution in [0.3, 0.4) is 0 Å². The zero-order valence-electron chi connectivity index (χ0n) is 22.4. The van der Waals surface area contributed by atoms with Crippen molar-refractivity contribution >= 4 is 18.0 Å². The lowest BCUT2D eigenvalue weighted by atomic mass is 9.33. The van der Waals surface area contributed by atoms with Gasteiger partial charge in [-0.15, -0.1) is 0 Å². The minimum Gasteiger partial charge on any atom is -0.462 e. The molecule has 0 aromatic heterocycles. The summed E-state index contributed by atoms with van der Waals surface area (Å²) in [5.74, 6) is -0.889. The van der Waals surface area contributed by atoms with Crippen molar-refractivity contribution in [3.63, 3.8) is 0 Å². The molecular formula is C29H46O5. The fourth-order valence-electron chi connectivity index (χ4n) is 10.4. The number of aliphatic hydroxyl groups excluding tert-OH is 1. The molecule has 4 saturated carbocycles. The monoisotopic (exact) mass is 474 g/mol. The van der Waals surface area contributed by atoms with Crippen LogP contribution in [0.2, 0.25) is 0 Å². The normalized spacial score (nSPS) is 52.5. The Bertz CT molecular complexity index is 853. The van der Waals surface area contributed by atoms with Gasteiger partial charge in [0.05, 0.1) is 12.0 Å². The van der Waals surface area contributed by atoms with E-state index >= 15 is 0 Å². The molecule has 0 heterocycles. The molecule has 0 amide bonds. The fraction of sp³-hybridized carbons (Fsp3) is 0.897. The molecule has 5 heteroatoms. The van der Waals surface area contributed by atoms with Crippen molar-refractivity contribution in [2.45, 2.75) is 112 Å². The van der Waals surface area contributed by atoms with E-state index in [2.05, 4.69) is 34.6 Å². The minimum atomic E-state index is -0.836. The standard InChI is InChI=1S/C29H46O5/c1-8-26(4)11-9-12-27(5)21(26)10-13-28(6)22(27)15-24(34-18(3)32)29(7)19(16-30)25(17(2)31)20(33)14-23(28)29/h16,19-25,33H,8-15H2,1-7H3/t19-,20-,21+,22+,23-,24-,25-,26-,27-,28+,29+/m0/s1. The molecule has 11 atom stereocenters. The van der Waals surface area contributed by atoms with Crippen molar-refractivity contribution in [1.29, 1.82) is 0 Å². The fourth-order valence-corrected chi connectivity index (χ4v) is 10.4. The number of hydrogen-bond acceptors (Lipinski definition) is 5. The molecule has 0 bridgehead atoms. The molecule has 0 spiro atoms. The van der Waals surface area contributed by atoms with E-state index in [1.165, 1.54) is 39.5 Å². The first-order chi connectivity index (χ1) is 15.8. The quantitative estimate of drug-likeness (QED) is 0.438. The first-order valence-corrected chi connectivity index (χ1v) is 13.6. The molecule has 192 valence electrons. The predicted molar refractivity (Wildman–Crippen MR) is 131 cm³/mol. The molecule has 0 aromatic carbocycles. The zero-order valence-corrected chi connectivity index (χ0v) is 22.4. The van der Waals surface area contributed by atoms with E-state index in [0.717, 1.165) is 25.5 Å². The molecular weight excluding hydrogens is 428 g/mol. The highest BCUT2D eigenvalue weighted by atomic mass is 16.5. The Morgan fingerprint density at radius 1 is 0.971 bits per heavy atom. The number of Topliss-reactive ketones (excluding diaryl/α,β-unsaturated/α-hetero) is 1. The number of aliphatic hydroxyl groups is 1. The molecule has 0 saturated heterocycles. The van der Waals surface area contributed by atoms with Crippen LogP contribution in [0.4, 0.5) is 0 Å². The van der Waals surface area contributed by atoms with Crippen LogP contribution in [-0.2, 0) is 19.1 Å². The number of aldehydes is 1. The van der Waals surface area contributed by atoms with Crippen LogP contribution < -0.4 is 0 Å². The molecule has 0 unspecified atom stereocenters. The topological polar surface area (TPSA) is 80.7 Å². The van der Waals surface area contributed by atoms with E-state index in [9.17, 15) is 19.5 Å². The molecule has 0 aromatic rings. The maximum absolute atomic E-state index is 12.6. The molecule has 4 aliphatic carbocycles. The van der Waals surface area contributed by atoms with Crippen molar-refractivity contribution < 1.29 is 24.2 Å². The van der Waals surface area contributed by atoms with Crippen LogP contribution in [0.25, 0.3) is 0 Å². The second kappa shape index (κ2) is 8.42. The van der Waals surface area contributed by atoms with Crippen molar-refractivity contribution in [2.75, 3.05) is 0 Å². The Morgan fingerprint density at radius 2 is 1.62 bits per heavy atom. The van der Waals surface area contributed by atoms with Gasteiger partial charge >= 0.3 is 5.97 Å². The third kappa shape index (κ3) is 3.38. The zero-order chi connectivity index (χ0) is 25.3. The Balaban J connectivity index is 1.86. The highest BCUT2D eigenvalue weighted by molar-refractivity contribution is 5.83. The van der Waals surface area contributed by atoms with Gasteiger partial charge in [0.15, 0.2) is 0 Å². The van der Waals surface area contributed by atoms with E-state index in [4.69, 9.17) is 4.74 Å². The highest BCUT2D eigenvalue weighted by Crippen LogP contribution is 2.74. The average Bonchev–Trinajstić information content (AvgIpc) is 2.75. The van der Waals surface area contributed by atoms with Crippen LogP contribution in [-0.4, -0.2) is 35.4 Å². The van der Waals surface area contributed by atoms with Gasteiger partial charge < -0.3 is 14.6 Å². The van der Waals surface area contributed by atoms with Gasteiger partial charge in [0, 0.05) is 18.3 Å². The molecule has 0 radical (unpaired) electrons. The number of ether oxygens (including phenoxy) is 1. The second-order valence-corrected chi connectivity index (χ2v) is 13.4. The highest BCUT2D eigenvalue weighted by Gasteiger charge is 2.71. The molecule has 1 N–H and O–H groups in total. The summed E-state index contributed by atoms with van der Waals surface area (Å²) in [6.45, 7) is 14.6. The number of hydrogen-bond donors (Lipinski definition) is 1. The summed E-state index contributed by atoms with van der Waals surface area (Å²) in [5.41, 5.74) is -0.287. The van der Waals surface area contributed by atoms with E-state index in [-0.39, 0.29) is 28.5 Å². The number of rotatable bonds is 4. The number of carbonyl (C=O) groups is 3. The van der Waals surface area contributed by atoms with Crippen molar-refractivity contribution in [2.24, 2.45) is 51.2 Å². The minimum absolute atomic E-state index is 0.0106. The smallest absolute Gasteiger partial charge is 0.302 e. The predicted octanol–water partition coefficient (Wildman–Crippen LogP) is 5.37. The third-order valence-corrected chi connectivity index (χ3v) is 12.1. The van der Waals surface area contributed by atoms with Crippen molar-refractivity contribution in [1.82, 2.24) is 0 Å². The Hall–Kier alpha value is -1.23. The van der Waals surface area contributed by atoms with Crippen LogP contribution in [0.15, 0.2) is 0 Å². The van der Waals surface area contributed by atoms with Gasteiger partial charge in [0.1, 0.15) is 18.2 Å². The third-order valence-electron chi connectivity index (χ3n) is 12.1. The Labute approximate surface area is 205 Å². The van der Waals surface area contributed by atoms with E-state index in [0.29, 0.717) is 23.7 Å². The van der Waals surface area contributed by atoms with Crippen LogP contribution in [0.1, 0.15) is 99.8 Å². The van der Waals surface area contributed by atoms with E-state index in [1.807, 2.05) is 0 Å². The van der Waals surface area contributed by atoms with Crippen LogP contribution in [0.5, 0.6) is 0 Å². The Kier molecular flexibility index (Phi) is 6.40. The van der Waals surface area contributed by atoms with Gasteiger partial charge in [-0.1, -0.05) is 47.5 Å². The van der Waals surface area contributed by atoms with Gasteiger partial charge in [0.25, 0.3) is 0 Å².